The van der Waals surface area contributed by atoms with Gasteiger partial charge in [-0.2, -0.15) is 0 Å². The molecular weight excluding hydrogens is 374 g/mol. The summed E-state index contributed by atoms with van der Waals surface area (Å²) in [5.74, 6) is -1.85. The van der Waals surface area contributed by atoms with Gasteiger partial charge in [0.25, 0.3) is 0 Å². The Morgan fingerprint density at radius 3 is 2.38 bits per heavy atom. The molecule has 7 nitrogen and oxygen atoms in total. The summed E-state index contributed by atoms with van der Waals surface area (Å²) in [5.41, 5.74) is 0.992. The van der Waals surface area contributed by atoms with Gasteiger partial charge in [0.1, 0.15) is 23.5 Å². The summed E-state index contributed by atoms with van der Waals surface area (Å²) in [6.07, 6.45) is 2.34. The molecule has 1 aromatic rings. The zero-order valence-electron chi connectivity index (χ0n) is 17.5. The highest BCUT2D eigenvalue weighted by atomic mass is 16.5. The molecule has 160 valence electrons. The van der Waals surface area contributed by atoms with Crippen LogP contribution >= 0.6 is 0 Å². The van der Waals surface area contributed by atoms with Gasteiger partial charge in [0.2, 0.25) is 0 Å². The highest BCUT2D eigenvalue weighted by Crippen LogP contribution is 2.29. The van der Waals surface area contributed by atoms with Crippen LogP contribution in [0, 0.1) is 5.92 Å². The zero-order valence-corrected chi connectivity index (χ0v) is 17.5. The fourth-order valence-electron chi connectivity index (χ4n) is 2.64. The monoisotopic (exact) mass is 405 g/mol. The summed E-state index contributed by atoms with van der Waals surface area (Å²) in [4.78, 5) is 24.6. The third-order valence-electron chi connectivity index (χ3n) is 4.57. The minimum absolute atomic E-state index is 0.00820. The van der Waals surface area contributed by atoms with E-state index in [2.05, 4.69) is 5.32 Å². The molecule has 0 fully saturated rings. The van der Waals surface area contributed by atoms with E-state index in [1.54, 1.807) is 27.0 Å². The first-order valence-corrected chi connectivity index (χ1v) is 9.75. The number of carbonyl (C=O) groups is 2. The van der Waals surface area contributed by atoms with E-state index in [1.807, 2.05) is 13.8 Å². The molecule has 1 aliphatic heterocycles. The molecule has 2 rings (SSSR count). The summed E-state index contributed by atoms with van der Waals surface area (Å²) >= 11 is 0. The maximum atomic E-state index is 12.6. The van der Waals surface area contributed by atoms with E-state index in [1.165, 1.54) is 30.4 Å². The lowest BCUT2D eigenvalue weighted by Gasteiger charge is -2.20. The van der Waals surface area contributed by atoms with Gasteiger partial charge < -0.3 is 25.4 Å². The lowest BCUT2D eigenvalue weighted by atomic mass is 9.99. The van der Waals surface area contributed by atoms with Gasteiger partial charge in [-0.25, -0.2) is 4.79 Å². The van der Waals surface area contributed by atoms with Crippen LogP contribution in [0.3, 0.4) is 0 Å². The second-order valence-corrected chi connectivity index (χ2v) is 6.59. The van der Waals surface area contributed by atoms with Gasteiger partial charge >= 0.3 is 5.97 Å². The SMILES string of the molecule is CC.CNc1cc(O)c2c(c1)/C=C/CC(O)C(O)C(=O)/C=C\[C@@H](C)C(C)OC2=O. The number of rotatable bonds is 1. The molecule has 0 radical (unpaired) electrons. The van der Waals surface area contributed by atoms with Crippen molar-refractivity contribution in [1.82, 2.24) is 0 Å². The summed E-state index contributed by atoms with van der Waals surface area (Å²) < 4.78 is 5.44. The van der Waals surface area contributed by atoms with Crippen molar-refractivity contribution in [2.45, 2.75) is 52.4 Å². The molecule has 0 spiro atoms. The van der Waals surface area contributed by atoms with Crippen LogP contribution in [0.25, 0.3) is 6.08 Å². The number of anilines is 1. The van der Waals surface area contributed by atoms with Crippen molar-refractivity contribution in [3.05, 3.63) is 41.5 Å². The Kier molecular flexibility index (Phi) is 9.58. The van der Waals surface area contributed by atoms with Crippen LogP contribution in [0.1, 0.15) is 50.0 Å². The number of phenols is 1. The second-order valence-electron chi connectivity index (χ2n) is 6.59. The minimum atomic E-state index is -1.55. The van der Waals surface area contributed by atoms with Crippen LogP contribution in [0.4, 0.5) is 5.69 Å². The van der Waals surface area contributed by atoms with E-state index in [-0.39, 0.29) is 23.7 Å². The highest BCUT2D eigenvalue weighted by Gasteiger charge is 2.25. The topological polar surface area (TPSA) is 116 Å². The number of phenolic OH excluding ortho intramolecular Hbond substituents is 1. The lowest BCUT2D eigenvalue weighted by Crippen LogP contribution is -2.32. The molecule has 1 aliphatic rings. The molecule has 0 saturated heterocycles. The molecule has 1 heterocycles. The smallest absolute Gasteiger partial charge is 0.342 e. The minimum Gasteiger partial charge on any atom is -0.507 e. The molecule has 29 heavy (non-hydrogen) atoms. The molecule has 4 N–H and O–H groups in total. The molecule has 4 atom stereocenters. The number of cyclic esters (lactones) is 1. The van der Waals surface area contributed by atoms with Gasteiger partial charge in [-0.3, -0.25) is 4.79 Å². The number of aliphatic hydroxyl groups excluding tert-OH is 2. The van der Waals surface area contributed by atoms with Crippen molar-refractivity contribution in [2.75, 3.05) is 12.4 Å². The summed E-state index contributed by atoms with van der Waals surface area (Å²) in [5, 5.41) is 33.2. The van der Waals surface area contributed by atoms with Crippen LogP contribution in [0.5, 0.6) is 5.75 Å². The molecule has 0 saturated carbocycles. The van der Waals surface area contributed by atoms with Crippen LogP contribution in [-0.2, 0) is 9.53 Å². The van der Waals surface area contributed by atoms with Gasteiger partial charge in [0.05, 0.1) is 6.10 Å². The lowest BCUT2D eigenvalue weighted by molar-refractivity contribution is -0.127. The Balaban J connectivity index is 0.00000204. The first-order valence-electron chi connectivity index (χ1n) is 9.75. The van der Waals surface area contributed by atoms with Crippen molar-refractivity contribution >= 4 is 23.5 Å². The maximum absolute atomic E-state index is 12.6. The van der Waals surface area contributed by atoms with Gasteiger partial charge in [-0.15, -0.1) is 0 Å². The largest absolute Gasteiger partial charge is 0.507 e. The quantitative estimate of drug-likeness (QED) is 0.531. The van der Waals surface area contributed by atoms with Crippen LogP contribution < -0.4 is 5.32 Å². The molecular formula is C22H31NO6. The number of benzene rings is 1. The Hall–Kier alpha value is -2.64. The number of esters is 1. The Morgan fingerprint density at radius 2 is 1.76 bits per heavy atom. The van der Waals surface area contributed by atoms with Crippen molar-refractivity contribution < 1.29 is 29.6 Å². The van der Waals surface area contributed by atoms with Gasteiger partial charge in [0.15, 0.2) is 5.78 Å². The fourth-order valence-corrected chi connectivity index (χ4v) is 2.64. The van der Waals surface area contributed by atoms with Gasteiger partial charge in [-0.05, 0) is 31.1 Å². The Morgan fingerprint density at radius 1 is 1.10 bits per heavy atom. The highest BCUT2D eigenvalue weighted by molar-refractivity contribution is 5.97. The maximum Gasteiger partial charge on any atom is 0.342 e. The number of hydrogen-bond acceptors (Lipinski definition) is 7. The van der Waals surface area contributed by atoms with Crippen LogP contribution in [0.15, 0.2) is 30.4 Å². The molecule has 3 unspecified atom stereocenters. The van der Waals surface area contributed by atoms with E-state index in [0.717, 1.165) is 0 Å². The summed E-state index contributed by atoms with van der Waals surface area (Å²) in [6.45, 7) is 7.42. The Labute approximate surface area is 171 Å². The molecule has 0 aromatic heterocycles. The van der Waals surface area contributed by atoms with Crippen molar-refractivity contribution in [2.24, 2.45) is 5.92 Å². The van der Waals surface area contributed by atoms with E-state index < -0.39 is 30.1 Å². The van der Waals surface area contributed by atoms with Gasteiger partial charge in [0, 0.05) is 24.7 Å². The average molecular weight is 405 g/mol. The number of aliphatic hydroxyl groups is 2. The molecule has 0 bridgehead atoms. The van der Waals surface area contributed by atoms with Crippen LogP contribution in [-0.4, -0.2) is 52.4 Å². The van der Waals surface area contributed by atoms with E-state index in [4.69, 9.17) is 4.74 Å². The number of ketones is 1. The van der Waals surface area contributed by atoms with E-state index in [9.17, 15) is 24.9 Å². The predicted octanol–water partition coefficient (Wildman–Crippen LogP) is 2.91. The Bertz CT molecular complexity index is 771. The average Bonchev–Trinajstić information content (AvgIpc) is 2.71. The van der Waals surface area contributed by atoms with E-state index in [0.29, 0.717) is 11.3 Å². The number of carbonyl (C=O) groups excluding carboxylic acids is 2. The standard InChI is InChI=1S/C20H25NO6.C2H6/c1-11-7-8-16(23)19(25)15(22)6-4-5-13-9-14(21-3)10-17(24)18(13)20(26)27-12(11)2;1-2/h4-5,7-12,15,19,21-22,24-25H,6H2,1-3H3;1-2H3/b5-4+,8-7-;/t11-,12?,15?,19?;/m1./s1. The fraction of sp³-hybridized carbons (Fsp3) is 0.455. The molecule has 7 heteroatoms. The van der Waals surface area contributed by atoms with Gasteiger partial charge in [-0.1, -0.05) is 39.0 Å². The number of nitrogens with one attached hydrogen (secondary N) is 1. The summed E-state index contributed by atoms with van der Waals surface area (Å²) in [6, 6.07) is 3.07. The van der Waals surface area contributed by atoms with Crippen molar-refractivity contribution in [3.8, 4) is 5.75 Å². The van der Waals surface area contributed by atoms with Crippen molar-refractivity contribution in [1.29, 1.82) is 0 Å². The summed E-state index contributed by atoms with van der Waals surface area (Å²) in [7, 11) is 1.67. The second kappa shape index (κ2) is 11.4. The third-order valence-corrected chi connectivity index (χ3v) is 4.57. The van der Waals surface area contributed by atoms with Crippen LogP contribution in [0.2, 0.25) is 0 Å². The third kappa shape index (κ3) is 6.44. The van der Waals surface area contributed by atoms with Crippen molar-refractivity contribution in [3.63, 3.8) is 0 Å². The first-order chi connectivity index (χ1) is 13.7. The molecule has 0 amide bonds. The molecule has 1 aromatic carbocycles. The molecule has 0 aliphatic carbocycles. The number of hydrogen-bond donors (Lipinski definition) is 4. The first kappa shape index (κ1) is 24.4. The zero-order chi connectivity index (χ0) is 22.1. The normalized spacial score (nSPS) is 27.4. The predicted molar refractivity (Wildman–Crippen MR) is 113 cm³/mol. The number of fused-ring (bicyclic) bond motifs is 1. The number of ether oxygens (including phenoxy) is 1. The number of aromatic hydroxyl groups is 1. The van der Waals surface area contributed by atoms with E-state index >= 15 is 0 Å².